The lowest BCUT2D eigenvalue weighted by Gasteiger charge is -2.40. The lowest BCUT2D eigenvalue weighted by molar-refractivity contribution is -0.337. The highest BCUT2D eigenvalue weighted by molar-refractivity contribution is 7.90. The van der Waals surface area contributed by atoms with Crippen molar-refractivity contribution < 1.29 is 56.3 Å². The number of aliphatic hydroxyl groups excluding tert-OH is 3. The average molecular weight is 506 g/mol. The van der Waals surface area contributed by atoms with Crippen LogP contribution in [-0.4, -0.2) is 78.0 Å². The fourth-order valence-electron chi connectivity index (χ4n) is 3.39. The molecule has 1 aliphatic rings. The van der Waals surface area contributed by atoms with Crippen molar-refractivity contribution in [1.29, 1.82) is 0 Å². The summed E-state index contributed by atoms with van der Waals surface area (Å²) in [4.78, 5) is 11.3. The molecule has 1 fully saturated rings. The van der Waals surface area contributed by atoms with Gasteiger partial charge in [0.05, 0.1) is 4.90 Å². The smallest absolute Gasteiger partial charge is 0.418 e. The predicted octanol–water partition coefficient (Wildman–Crippen LogP) is 1.27. The van der Waals surface area contributed by atoms with Crippen LogP contribution in [0.25, 0.3) is 11.1 Å². The molecule has 4 N–H and O–H groups in total. The molecule has 1 saturated heterocycles. The van der Waals surface area contributed by atoms with Crippen molar-refractivity contribution in [1.82, 2.24) is 0 Å². The third-order valence-electron chi connectivity index (χ3n) is 5.21. The molecular weight excluding hydrogens is 485 g/mol. The second-order valence-electron chi connectivity index (χ2n) is 7.71. The van der Waals surface area contributed by atoms with Gasteiger partial charge in [-0.25, -0.2) is 13.2 Å². The summed E-state index contributed by atoms with van der Waals surface area (Å²) in [6.07, 6.45) is -17.3. The second-order valence-corrected chi connectivity index (χ2v) is 9.73. The molecule has 2 aromatic rings. The maximum Gasteiger partial charge on any atom is 0.418 e. The molecule has 3 rings (SSSR count). The Balaban J connectivity index is 1.85. The van der Waals surface area contributed by atoms with Gasteiger partial charge in [0.1, 0.15) is 18.3 Å². The molecule has 0 saturated carbocycles. The minimum atomic E-state index is -5.01. The van der Waals surface area contributed by atoms with Gasteiger partial charge in [-0.3, -0.25) is 0 Å². The van der Waals surface area contributed by atoms with Gasteiger partial charge in [-0.2, -0.15) is 13.2 Å². The Kier molecular flexibility index (Phi) is 7.36. The van der Waals surface area contributed by atoms with Crippen LogP contribution in [0.15, 0.2) is 53.4 Å². The van der Waals surface area contributed by atoms with Crippen LogP contribution in [0.2, 0.25) is 0 Å². The third-order valence-corrected chi connectivity index (χ3v) is 6.34. The minimum absolute atomic E-state index is 0.0800. The number of carboxylic acids is 1. The van der Waals surface area contributed by atoms with Crippen molar-refractivity contribution in [2.75, 3.05) is 6.26 Å². The monoisotopic (exact) mass is 506 g/mol. The maximum absolute atomic E-state index is 13.7. The molecule has 0 bridgehead atoms. The fraction of sp³-hybridized carbons (Fsp3) is 0.381. The molecule has 9 nitrogen and oxygen atoms in total. The molecule has 0 radical (unpaired) electrons. The summed E-state index contributed by atoms with van der Waals surface area (Å²) in [5, 5.41) is 38.5. The molecule has 0 aromatic heterocycles. The van der Waals surface area contributed by atoms with E-state index in [4.69, 9.17) is 14.6 Å². The van der Waals surface area contributed by atoms with Gasteiger partial charge in [0.25, 0.3) is 0 Å². The van der Waals surface area contributed by atoms with E-state index >= 15 is 0 Å². The molecule has 34 heavy (non-hydrogen) atoms. The van der Waals surface area contributed by atoms with E-state index in [-0.39, 0.29) is 4.90 Å². The van der Waals surface area contributed by atoms with Crippen LogP contribution in [0, 0.1) is 0 Å². The van der Waals surface area contributed by atoms with Gasteiger partial charge in [-0.05, 0) is 28.8 Å². The van der Waals surface area contributed by atoms with E-state index in [0.29, 0.717) is 11.1 Å². The van der Waals surface area contributed by atoms with Gasteiger partial charge < -0.3 is 29.9 Å². The standard InChI is InChI=1S/C21H21F3O9S/c1-34(30,31)13-8-6-11(7-9-13)10-2-4-12(5-3-10)18(21(22,23)24)33-20-16(27)14(25)15(26)17(32-20)19(28)29/h2-9,14-18,20,25-27H,1H3,(H,28,29)/t14-,15-,16+,17-,18-,20-/m0/s1. The zero-order valence-electron chi connectivity index (χ0n) is 17.5. The third kappa shape index (κ3) is 5.56. The molecule has 6 atom stereocenters. The van der Waals surface area contributed by atoms with Crippen LogP contribution in [0.4, 0.5) is 13.2 Å². The van der Waals surface area contributed by atoms with Crippen molar-refractivity contribution in [2.45, 2.75) is 47.9 Å². The van der Waals surface area contributed by atoms with E-state index in [9.17, 15) is 41.7 Å². The SMILES string of the molecule is CS(=O)(=O)c1ccc(-c2ccc([C@H](O[C@@H]3O[C@H](C(=O)O)[C@@H](O)[C@H](O)[C@H]3O)C(F)(F)F)cc2)cc1. The number of ether oxygens (including phenoxy) is 2. The van der Waals surface area contributed by atoms with E-state index in [1.165, 1.54) is 36.4 Å². The van der Waals surface area contributed by atoms with E-state index in [1.807, 2.05) is 0 Å². The van der Waals surface area contributed by atoms with Gasteiger partial charge in [-0.1, -0.05) is 36.4 Å². The summed E-state index contributed by atoms with van der Waals surface area (Å²) in [6, 6.07) is 10.6. The quantitative estimate of drug-likeness (QED) is 0.454. The van der Waals surface area contributed by atoms with Crippen molar-refractivity contribution in [2.24, 2.45) is 0 Å². The maximum atomic E-state index is 13.7. The van der Waals surface area contributed by atoms with Crippen molar-refractivity contribution in [3.05, 3.63) is 54.1 Å². The first-order chi connectivity index (χ1) is 15.7. The summed E-state index contributed by atoms with van der Waals surface area (Å²) in [5.41, 5.74) is 0.603. The van der Waals surface area contributed by atoms with Crippen molar-refractivity contribution in [3.63, 3.8) is 0 Å². The fourth-order valence-corrected chi connectivity index (χ4v) is 4.02. The first-order valence-corrected chi connectivity index (χ1v) is 11.6. The topological polar surface area (TPSA) is 151 Å². The number of rotatable bonds is 6. The zero-order valence-corrected chi connectivity index (χ0v) is 18.3. The molecule has 0 unspecified atom stereocenters. The summed E-state index contributed by atoms with van der Waals surface area (Å²) < 4.78 is 74.0. The average Bonchev–Trinajstić information content (AvgIpc) is 2.75. The molecular formula is C21H21F3O9S. The number of halogens is 3. The Hall–Kier alpha value is -2.55. The predicted molar refractivity (Wildman–Crippen MR) is 109 cm³/mol. The lowest BCUT2D eigenvalue weighted by Crippen LogP contribution is -2.60. The van der Waals surface area contributed by atoms with Crippen molar-refractivity contribution in [3.8, 4) is 11.1 Å². The van der Waals surface area contributed by atoms with Gasteiger partial charge in [0.15, 0.2) is 28.3 Å². The van der Waals surface area contributed by atoms with Crippen LogP contribution in [0.5, 0.6) is 0 Å². The summed E-state index contributed by atoms with van der Waals surface area (Å²) >= 11 is 0. The molecule has 13 heteroatoms. The Morgan fingerprint density at radius 1 is 0.941 bits per heavy atom. The number of sulfone groups is 1. The largest absolute Gasteiger partial charge is 0.479 e. The highest BCUT2D eigenvalue weighted by Gasteiger charge is 2.51. The Morgan fingerprint density at radius 3 is 1.88 bits per heavy atom. The number of carboxylic acid groups (broad SMARTS) is 1. The van der Waals surface area contributed by atoms with E-state index in [0.717, 1.165) is 18.4 Å². The number of aliphatic carboxylic acids is 1. The highest BCUT2D eigenvalue weighted by atomic mass is 32.2. The minimum Gasteiger partial charge on any atom is -0.479 e. The number of carbonyl (C=O) groups is 1. The first kappa shape index (κ1) is 26.1. The molecule has 1 aliphatic heterocycles. The van der Waals surface area contributed by atoms with Crippen LogP contribution < -0.4 is 0 Å². The van der Waals surface area contributed by atoms with Crippen LogP contribution in [0.1, 0.15) is 11.7 Å². The van der Waals surface area contributed by atoms with E-state index < -0.39 is 64.4 Å². The van der Waals surface area contributed by atoms with Gasteiger partial charge in [-0.15, -0.1) is 0 Å². The number of hydrogen-bond donors (Lipinski definition) is 4. The van der Waals surface area contributed by atoms with Gasteiger partial charge >= 0.3 is 12.1 Å². The summed E-state index contributed by atoms with van der Waals surface area (Å²) in [6.45, 7) is 0. The van der Waals surface area contributed by atoms with Gasteiger partial charge in [0.2, 0.25) is 0 Å². The number of alkyl halides is 3. The molecule has 186 valence electrons. The Bertz CT molecular complexity index is 1120. The first-order valence-electron chi connectivity index (χ1n) is 9.75. The molecule has 0 amide bonds. The lowest BCUT2D eigenvalue weighted by atomic mass is 9.98. The summed E-state index contributed by atoms with van der Waals surface area (Å²) in [7, 11) is -3.42. The highest BCUT2D eigenvalue weighted by Crippen LogP contribution is 2.39. The Labute approximate surface area is 191 Å². The molecule has 0 aliphatic carbocycles. The molecule has 1 heterocycles. The zero-order chi connectivity index (χ0) is 25.4. The second kappa shape index (κ2) is 9.60. The van der Waals surface area contributed by atoms with Crippen LogP contribution in [-0.2, 0) is 24.1 Å². The molecule has 0 spiro atoms. The Morgan fingerprint density at radius 2 is 1.44 bits per heavy atom. The number of hydrogen-bond acceptors (Lipinski definition) is 8. The molecule has 2 aromatic carbocycles. The van der Waals surface area contributed by atoms with Crippen LogP contribution >= 0.6 is 0 Å². The number of aliphatic hydroxyl groups is 3. The van der Waals surface area contributed by atoms with Crippen molar-refractivity contribution >= 4 is 15.8 Å². The van der Waals surface area contributed by atoms with Crippen LogP contribution in [0.3, 0.4) is 0 Å². The van der Waals surface area contributed by atoms with Gasteiger partial charge in [0, 0.05) is 6.26 Å². The summed E-state index contributed by atoms with van der Waals surface area (Å²) in [5.74, 6) is -1.76. The van der Waals surface area contributed by atoms with E-state index in [1.54, 1.807) is 0 Å². The normalized spacial score (nSPS) is 26.7. The van der Waals surface area contributed by atoms with E-state index in [2.05, 4.69) is 0 Å². The number of benzene rings is 2.